The molecule has 0 radical (unpaired) electrons. The Labute approximate surface area is 125 Å². The Balaban J connectivity index is 2.39. The van der Waals surface area contributed by atoms with Gasteiger partial charge in [-0.1, -0.05) is 43.6 Å². The fourth-order valence-corrected chi connectivity index (χ4v) is 2.58. The van der Waals surface area contributed by atoms with E-state index in [2.05, 4.69) is 25.9 Å². The molecule has 2 rings (SSSR count). The SMILES string of the molecule is CC(C)c1nc(Cc2ccccc2F)nc(Cl)c1Br. The smallest absolute Gasteiger partial charge is 0.147 e. The molecule has 0 unspecified atom stereocenters. The second-order valence-electron chi connectivity index (χ2n) is 4.55. The van der Waals surface area contributed by atoms with Crippen molar-refractivity contribution in [2.24, 2.45) is 0 Å². The summed E-state index contributed by atoms with van der Waals surface area (Å²) in [6.07, 6.45) is 0.333. The molecule has 0 aliphatic heterocycles. The number of rotatable bonds is 3. The first-order valence-electron chi connectivity index (χ1n) is 5.94. The molecule has 0 atom stereocenters. The number of nitrogens with zero attached hydrogens (tertiary/aromatic N) is 2. The summed E-state index contributed by atoms with van der Waals surface area (Å²) in [5, 5.41) is 0.366. The van der Waals surface area contributed by atoms with Gasteiger partial charge in [-0.3, -0.25) is 0 Å². The molecule has 5 heteroatoms. The lowest BCUT2D eigenvalue weighted by molar-refractivity contribution is 0.611. The summed E-state index contributed by atoms with van der Waals surface area (Å²) in [7, 11) is 0. The maximum atomic E-state index is 13.6. The number of hydrogen-bond acceptors (Lipinski definition) is 2. The van der Waals surface area contributed by atoms with Crippen LogP contribution in [0.3, 0.4) is 0 Å². The zero-order valence-electron chi connectivity index (χ0n) is 10.6. The first kappa shape index (κ1) is 14.4. The molecule has 2 aromatic rings. The van der Waals surface area contributed by atoms with E-state index in [0.717, 1.165) is 5.69 Å². The van der Waals surface area contributed by atoms with E-state index in [-0.39, 0.29) is 11.7 Å². The molecule has 100 valence electrons. The van der Waals surface area contributed by atoms with Crippen LogP contribution in [0.5, 0.6) is 0 Å². The fraction of sp³-hybridized carbons (Fsp3) is 0.286. The third kappa shape index (κ3) is 3.31. The van der Waals surface area contributed by atoms with Gasteiger partial charge < -0.3 is 0 Å². The Morgan fingerprint density at radius 3 is 2.58 bits per heavy atom. The van der Waals surface area contributed by atoms with Crippen molar-refractivity contribution in [3.8, 4) is 0 Å². The topological polar surface area (TPSA) is 25.8 Å². The molecule has 0 saturated heterocycles. The van der Waals surface area contributed by atoms with E-state index in [1.54, 1.807) is 18.2 Å². The molecule has 1 aromatic carbocycles. The molecule has 0 amide bonds. The quantitative estimate of drug-likeness (QED) is 0.752. The third-order valence-electron chi connectivity index (χ3n) is 2.74. The maximum Gasteiger partial charge on any atom is 0.147 e. The van der Waals surface area contributed by atoms with Gasteiger partial charge in [-0.05, 0) is 33.5 Å². The molecule has 0 N–H and O–H groups in total. The Bertz CT molecular complexity index is 602. The van der Waals surface area contributed by atoms with Crippen LogP contribution >= 0.6 is 27.5 Å². The van der Waals surface area contributed by atoms with Crippen molar-refractivity contribution >= 4 is 27.5 Å². The molecular formula is C14H13BrClFN2. The zero-order valence-corrected chi connectivity index (χ0v) is 13.0. The Hall–Kier alpha value is -1.00. The average Bonchev–Trinajstić information content (AvgIpc) is 2.36. The van der Waals surface area contributed by atoms with Crippen molar-refractivity contribution in [2.45, 2.75) is 26.2 Å². The molecule has 0 aliphatic carbocycles. The lowest BCUT2D eigenvalue weighted by atomic mass is 10.1. The van der Waals surface area contributed by atoms with E-state index in [1.807, 2.05) is 13.8 Å². The van der Waals surface area contributed by atoms with Crippen LogP contribution in [-0.4, -0.2) is 9.97 Å². The molecule has 19 heavy (non-hydrogen) atoms. The van der Waals surface area contributed by atoms with Crippen LogP contribution in [0.4, 0.5) is 4.39 Å². The van der Waals surface area contributed by atoms with Crippen molar-refractivity contribution in [3.05, 3.63) is 56.8 Å². The molecular weight excluding hydrogens is 331 g/mol. The van der Waals surface area contributed by atoms with Gasteiger partial charge in [0.15, 0.2) is 0 Å². The van der Waals surface area contributed by atoms with Crippen molar-refractivity contribution in [3.63, 3.8) is 0 Å². The first-order valence-corrected chi connectivity index (χ1v) is 7.11. The van der Waals surface area contributed by atoms with E-state index in [0.29, 0.717) is 27.4 Å². The monoisotopic (exact) mass is 342 g/mol. The first-order chi connectivity index (χ1) is 8.99. The zero-order chi connectivity index (χ0) is 14.0. The van der Waals surface area contributed by atoms with Gasteiger partial charge in [0.1, 0.15) is 16.8 Å². The van der Waals surface area contributed by atoms with E-state index in [4.69, 9.17) is 11.6 Å². The largest absolute Gasteiger partial charge is 0.236 e. The Morgan fingerprint density at radius 1 is 1.26 bits per heavy atom. The number of aromatic nitrogens is 2. The average molecular weight is 344 g/mol. The number of benzene rings is 1. The van der Waals surface area contributed by atoms with Crippen molar-refractivity contribution < 1.29 is 4.39 Å². The predicted molar refractivity (Wildman–Crippen MR) is 78.0 cm³/mol. The second-order valence-corrected chi connectivity index (χ2v) is 5.70. The molecule has 1 heterocycles. The summed E-state index contributed by atoms with van der Waals surface area (Å²) in [5.74, 6) is 0.493. The molecule has 1 aromatic heterocycles. The van der Waals surface area contributed by atoms with Crippen molar-refractivity contribution in [2.75, 3.05) is 0 Å². The summed E-state index contributed by atoms with van der Waals surface area (Å²) in [5.41, 5.74) is 1.40. The van der Waals surface area contributed by atoms with Crippen LogP contribution in [0, 0.1) is 5.82 Å². The minimum Gasteiger partial charge on any atom is -0.236 e. The van der Waals surface area contributed by atoms with Crippen molar-refractivity contribution in [1.82, 2.24) is 9.97 Å². The molecule has 0 saturated carbocycles. The van der Waals surface area contributed by atoms with Gasteiger partial charge in [0.2, 0.25) is 0 Å². The van der Waals surface area contributed by atoms with Gasteiger partial charge >= 0.3 is 0 Å². The van der Waals surface area contributed by atoms with E-state index in [1.165, 1.54) is 6.07 Å². The Kier molecular flexibility index (Phi) is 4.53. The molecule has 0 fully saturated rings. The van der Waals surface area contributed by atoms with Crippen molar-refractivity contribution in [1.29, 1.82) is 0 Å². The van der Waals surface area contributed by atoms with Crippen LogP contribution in [-0.2, 0) is 6.42 Å². The minimum atomic E-state index is -0.253. The number of halogens is 3. The highest BCUT2D eigenvalue weighted by Crippen LogP contribution is 2.29. The fourth-order valence-electron chi connectivity index (χ4n) is 1.75. The summed E-state index contributed by atoms with van der Waals surface area (Å²) in [6.45, 7) is 4.05. The standard InChI is InChI=1S/C14H13BrClFN2/c1-8(2)13-12(15)14(16)19-11(18-13)7-9-5-3-4-6-10(9)17/h3-6,8H,7H2,1-2H3. The second kappa shape index (κ2) is 5.97. The highest BCUT2D eigenvalue weighted by molar-refractivity contribution is 9.10. The molecule has 0 bridgehead atoms. The predicted octanol–water partition coefficient (Wildman–Crippen LogP) is 4.75. The number of hydrogen-bond donors (Lipinski definition) is 0. The van der Waals surface area contributed by atoms with Gasteiger partial charge in [-0.15, -0.1) is 0 Å². The van der Waals surface area contributed by atoms with Gasteiger partial charge in [0.25, 0.3) is 0 Å². The maximum absolute atomic E-state index is 13.6. The van der Waals surface area contributed by atoms with E-state index in [9.17, 15) is 4.39 Å². The Morgan fingerprint density at radius 2 is 1.95 bits per heavy atom. The van der Waals surface area contributed by atoms with Gasteiger partial charge in [-0.2, -0.15) is 0 Å². The molecule has 0 aliphatic rings. The summed E-state index contributed by atoms with van der Waals surface area (Å²) in [4.78, 5) is 8.65. The lowest BCUT2D eigenvalue weighted by Gasteiger charge is -2.11. The summed E-state index contributed by atoms with van der Waals surface area (Å²) in [6, 6.07) is 6.61. The minimum absolute atomic E-state index is 0.217. The van der Waals surface area contributed by atoms with Crippen LogP contribution in [0.15, 0.2) is 28.7 Å². The summed E-state index contributed by atoms with van der Waals surface area (Å²) < 4.78 is 14.3. The van der Waals surface area contributed by atoms with Gasteiger partial charge in [0, 0.05) is 6.42 Å². The van der Waals surface area contributed by atoms with Crippen LogP contribution < -0.4 is 0 Å². The van der Waals surface area contributed by atoms with E-state index < -0.39 is 0 Å². The highest BCUT2D eigenvalue weighted by Gasteiger charge is 2.14. The third-order valence-corrected chi connectivity index (χ3v) is 4.02. The van der Waals surface area contributed by atoms with Crippen LogP contribution in [0.2, 0.25) is 5.15 Å². The lowest BCUT2D eigenvalue weighted by Crippen LogP contribution is -2.05. The molecule has 0 spiro atoms. The normalized spacial score (nSPS) is 11.1. The summed E-state index contributed by atoms with van der Waals surface area (Å²) >= 11 is 9.46. The highest BCUT2D eigenvalue weighted by atomic mass is 79.9. The molecule has 2 nitrogen and oxygen atoms in total. The van der Waals surface area contributed by atoms with Crippen LogP contribution in [0.25, 0.3) is 0 Å². The van der Waals surface area contributed by atoms with Gasteiger partial charge in [-0.25, -0.2) is 14.4 Å². The van der Waals surface area contributed by atoms with Gasteiger partial charge in [0.05, 0.1) is 10.2 Å². The van der Waals surface area contributed by atoms with E-state index >= 15 is 0 Å². The van der Waals surface area contributed by atoms with Crippen LogP contribution in [0.1, 0.15) is 36.8 Å².